The van der Waals surface area contributed by atoms with Gasteiger partial charge in [-0.25, -0.2) is 9.18 Å². The van der Waals surface area contributed by atoms with Gasteiger partial charge in [0, 0.05) is 45.8 Å². The van der Waals surface area contributed by atoms with Gasteiger partial charge in [-0.2, -0.15) is 0 Å². The molecule has 1 amide bonds. The lowest BCUT2D eigenvalue weighted by atomic mass is 10.1. The molecule has 0 saturated carbocycles. The Labute approximate surface area is 153 Å². The molecule has 2 aliphatic rings. The number of hydrogen-bond acceptors (Lipinski definition) is 3. The van der Waals surface area contributed by atoms with Gasteiger partial charge < -0.3 is 14.9 Å². The van der Waals surface area contributed by atoms with Crippen LogP contribution in [-0.4, -0.2) is 73.0 Å². The number of alkyl halides is 1. The number of nitrogens with zero attached hydrogens (tertiary/aromatic N) is 3. The molecule has 2 aliphatic heterocycles. The Morgan fingerprint density at radius 1 is 1.16 bits per heavy atom. The first-order valence-corrected chi connectivity index (χ1v) is 9.28. The van der Waals surface area contributed by atoms with Crippen molar-refractivity contribution in [1.29, 1.82) is 0 Å². The van der Waals surface area contributed by atoms with Crippen molar-refractivity contribution in [3.63, 3.8) is 0 Å². The molecule has 1 N–H and O–H groups in total. The number of anilines is 1. The first-order chi connectivity index (χ1) is 12.0. The number of carbonyl (C=O) groups is 1. The van der Waals surface area contributed by atoms with Crippen LogP contribution >= 0.6 is 11.6 Å². The highest BCUT2D eigenvalue weighted by atomic mass is 35.5. The van der Waals surface area contributed by atoms with E-state index in [1.165, 1.54) is 10.5 Å². The summed E-state index contributed by atoms with van der Waals surface area (Å²) in [7, 11) is 0. The van der Waals surface area contributed by atoms with Crippen LogP contribution < -0.4 is 4.90 Å². The number of amides is 1. The van der Waals surface area contributed by atoms with Crippen molar-refractivity contribution in [2.75, 3.05) is 50.7 Å². The summed E-state index contributed by atoms with van der Waals surface area (Å²) in [5.41, 5.74) is 2.21. The van der Waals surface area contributed by atoms with Crippen LogP contribution in [0.15, 0.2) is 18.2 Å². The fraction of sp³-hybridized carbons (Fsp3) is 0.611. The molecule has 0 aliphatic carbocycles. The summed E-state index contributed by atoms with van der Waals surface area (Å²) in [4.78, 5) is 16.9. The fourth-order valence-electron chi connectivity index (χ4n) is 3.49. The highest BCUT2D eigenvalue weighted by Crippen LogP contribution is 2.30. The molecule has 2 fully saturated rings. The molecule has 5 nitrogen and oxygen atoms in total. The van der Waals surface area contributed by atoms with Gasteiger partial charge in [-0.05, 0) is 37.0 Å². The Morgan fingerprint density at radius 3 is 2.48 bits per heavy atom. The van der Waals surface area contributed by atoms with E-state index in [0.29, 0.717) is 39.0 Å². The smallest absolute Gasteiger partial charge is 0.407 e. The second kappa shape index (κ2) is 8.23. The second-order valence-electron chi connectivity index (χ2n) is 6.81. The average molecular weight is 370 g/mol. The Kier molecular flexibility index (Phi) is 6.02. The van der Waals surface area contributed by atoms with Crippen molar-refractivity contribution in [1.82, 2.24) is 9.80 Å². The van der Waals surface area contributed by atoms with Crippen molar-refractivity contribution < 1.29 is 14.3 Å². The number of piperidine rings is 1. The summed E-state index contributed by atoms with van der Waals surface area (Å²) in [5, 5.41) is 9.71. The maximum atomic E-state index is 13.4. The van der Waals surface area contributed by atoms with Crippen LogP contribution in [0, 0.1) is 0 Å². The lowest BCUT2D eigenvalue weighted by molar-refractivity contribution is 0.106. The number of halogens is 2. The summed E-state index contributed by atoms with van der Waals surface area (Å²) in [6, 6.07) is 6.09. The van der Waals surface area contributed by atoms with Gasteiger partial charge in [0.25, 0.3) is 0 Å². The molecule has 2 heterocycles. The van der Waals surface area contributed by atoms with Crippen LogP contribution in [0.3, 0.4) is 0 Å². The normalized spacial score (nSPS) is 20.1. The average Bonchev–Trinajstić information content (AvgIpc) is 2.62. The van der Waals surface area contributed by atoms with Crippen LogP contribution in [0.2, 0.25) is 5.02 Å². The summed E-state index contributed by atoms with van der Waals surface area (Å²) in [6.07, 6.45) is 0.501. The van der Waals surface area contributed by atoms with Gasteiger partial charge in [0.15, 0.2) is 0 Å². The SMILES string of the molecule is O=C(O)N1CCN(CCc2ccc(Cl)c(N3CCC(F)CC3)c2)CC1. The van der Waals surface area contributed by atoms with Crippen molar-refractivity contribution >= 4 is 23.4 Å². The van der Waals surface area contributed by atoms with Crippen LogP contribution in [0.4, 0.5) is 14.9 Å². The zero-order valence-corrected chi connectivity index (χ0v) is 15.1. The predicted molar refractivity (Wildman–Crippen MR) is 97.5 cm³/mol. The molecule has 7 heteroatoms. The van der Waals surface area contributed by atoms with E-state index in [0.717, 1.165) is 36.8 Å². The molecule has 1 aromatic rings. The molecule has 0 unspecified atom stereocenters. The van der Waals surface area contributed by atoms with Crippen molar-refractivity contribution in [2.24, 2.45) is 0 Å². The Balaban J connectivity index is 1.55. The van der Waals surface area contributed by atoms with Crippen LogP contribution in [0.5, 0.6) is 0 Å². The van der Waals surface area contributed by atoms with E-state index in [1.54, 1.807) is 0 Å². The molecule has 138 valence electrons. The maximum Gasteiger partial charge on any atom is 0.407 e. The molecule has 0 bridgehead atoms. The molecule has 1 aromatic carbocycles. The standard InChI is InChI=1S/C18H25ClFN3O2/c19-16-2-1-14(13-17(16)22-7-4-15(20)5-8-22)3-6-21-9-11-23(12-10-21)18(24)25/h1-2,13,15H,3-12H2,(H,24,25). The van der Waals surface area contributed by atoms with Gasteiger partial charge in [0.2, 0.25) is 0 Å². The molecule has 3 rings (SSSR count). The topological polar surface area (TPSA) is 47.0 Å². The number of hydrogen-bond donors (Lipinski definition) is 1. The Bertz CT molecular complexity index is 600. The van der Waals surface area contributed by atoms with E-state index in [2.05, 4.69) is 15.9 Å². The second-order valence-corrected chi connectivity index (χ2v) is 7.22. The molecule has 25 heavy (non-hydrogen) atoms. The van der Waals surface area contributed by atoms with Crippen LogP contribution in [-0.2, 0) is 6.42 Å². The van der Waals surface area contributed by atoms with E-state index in [4.69, 9.17) is 16.7 Å². The minimum Gasteiger partial charge on any atom is -0.465 e. The largest absolute Gasteiger partial charge is 0.465 e. The van der Waals surface area contributed by atoms with Gasteiger partial charge in [-0.3, -0.25) is 4.90 Å². The summed E-state index contributed by atoms with van der Waals surface area (Å²) >= 11 is 6.35. The van der Waals surface area contributed by atoms with E-state index in [1.807, 2.05) is 12.1 Å². The van der Waals surface area contributed by atoms with Crippen LogP contribution in [0.25, 0.3) is 0 Å². The number of carboxylic acid groups (broad SMARTS) is 1. The predicted octanol–water partition coefficient (Wildman–Crippen LogP) is 3.12. The van der Waals surface area contributed by atoms with E-state index in [-0.39, 0.29) is 0 Å². The number of rotatable bonds is 4. The maximum absolute atomic E-state index is 13.4. The zero-order chi connectivity index (χ0) is 17.8. The Morgan fingerprint density at radius 2 is 1.84 bits per heavy atom. The fourth-order valence-corrected chi connectivity index (χ4v) is 3.73. The first-order valence-electron chi connectivity index (χ1n) is 8.90. The number of benzene rings is 1. The highest BCUT2D eigenvalue weighted by molar-refractivity contribution is 6.33. The molecular formula is C18H25ClFN3O2. The summed E-state index contributed by atoms with van der Waals surface area (Å²) < 4.78 is 13.4. The van der Waals surface area contributed by atoms with Gasteiger partial charge in [0.05, 0.1) is 10.7 Å². The molecule has 0 aromatic heterocycles. The molecular weight excluding hydrogens is 345 g/mol. The van der Waals surface area contributed by atoms with Crippen LogP contribution in [0.1, 0.15) is 18.4 Å². The van der Waals surface area contributed by atoms with Crippen molar-refractivity contribution in [3.8, 4) is 0 Å². The first kappa shape index (κ1) is 18.3. The van der Waals surface area contributed by atoms with Gasteiger partial charge in [0.1, 0.15) is 6.17 Å². The molecule has 2 saturated heterocycles. The third kappa shape index (κ3) is 4.76. The summed E-state index contributed by atoms with van der Waals surface area (Å²) in [5.74, 6) is 0. The minimum atomic E-state index is -0.834. The molecule has 0 radical (unpaired) electrons. The lowest BCUT2D eigenvalue weighted by Crippen LogP contribution is -2.48. The van der Waals surface area contributed by atoms with Gasteiger partial charge >= 0.3 is 6.09 Å². The summed E-state index contributed by atoms with van der Waals surface area (Å²) in [6.45, 7) is 5.01. The molecule has 0 atom stereocenters. The number of piperazine rings is 1. The van der Waals surface area contributed by atoms with E-state index in [9.17, 15) is 9.18 Å². The third-order valence-electron chi connectivity index (χ3n) is 5.14. The zero-order valence-electron chi connectivity index (χ0n) is 14.3. The quantitative estimate of drug-likeness (QED) is 0.885. The van der Waals surface area contributed by atoms with Gasteiger partial charge in [-0.15, -0.1) is 0 Å². The van der Waals surface area contributed by atoms with E-state index >= 15 is 0 Å². The van der Waals surface area contributed by atoms with Crippen molar-refractivity contribution in [3.05, 3.63) is 28.8 Å². The third-order valence-corrected chi connectivity index (χ3v) is 5.45. The Hall–Kier alpha value is -1.53. The van der Waals surface area contributed by atoms with Gasteiger partial charge in [-0.1, -0.05) is 17.7 Å². The monoisotopic (exact) mass is 369 g/mol. The molecule has 0 spiro atoms. The van der Waals surface area contributed by atoms with Crippen molar-refractivity contribution in [2.45, 2.75) is 25.4 Å². The highest BCUT2D eigenvalue weighted by Gasteiger charge is 2.22. The van der Waals surface area contributed by atoms with E-state index < -0.39 is 12.3 Å². The lowest BCUT2D eigenvalue weighted by Gasteiger charge is -2.33. The minimum absolute atomic E-state index is 0.564.